The molecule has 3 N–H and O–H groups in total. The fraction of sp³-hybridized carbons (Fsp3) is 0.500. The molecule has 2 aliphatic rings. The van der Waals surface area contributed by atoms with E-state index < -0.39 is 21.7 Å². The van der Waals surface area contributed by atoms with E-state index in [0.717, 1.165) is 6.20 Å². The van der Waals surface area contributed by atoms with E-state index in [1.165, 1.54) is 24.1 Å². The summed E-state index contributed by atoms with van der Waals surface area (Å²) in [4.78, 5) is 30.3. The number of amides is 2. The number of ether oxygens (including phenoxy) is 1. The molecule has 2 saturated heterocycles. The van der Waals surface area contributed by atoms with Crippen LogP contribution in [-0.2, 0) is 14.8 Å². The molecule has 3 rings (SSSR count). The Labute approximate surface area is 144 Å². The van der Waals surface area contributed by atoms with Gasteiger partial charge in [-0.05, 0) is 12.1 Å². The number of hydrogen-bond acceptors (Lipinski definition) is 6. The molecule has 136 valence electrons. The van der Waals surface area contributed by atoms with E-state index in [-0.39, 0.29) is 35.5 Å². The number of carboxylic acid groups (broad SMARTS) is 1. The lowest BCUT2D eigenvalue weighted by Gasteiger charge is -2.27. The number of hydrogen-bond donors (Lipinski definition) is 2. The van der Waals surface area contributed by atoms with Gasteiger partial charge in [0, 0.05) is 32.3 Å². The zero-order valence-corrected chi connectivity index (χ0v) is 14.3. The third kappa shape index (κ3) is 3.05. The molecular formula is C14H18N4O6S. The van der Waals surface area contributed by atoms with E-state index in [1.54, 1.807) is 4.90 Å². The highest BCUT2D eigenvalue weighted by Gasteiger charge is 2.55. The zero-order valence-electron chi connectivity index (χ0n) is 13.5. The van der Waals surface area contributed by atoms with E-state index in [1.807, 2.05) is 0 Å². The Kier molecular flexibility index (Phi) is 4.17. The summed E-state index contributed by atoms with van der Waals surface area (Å²) in [6, 6.07) is 2.53. The highest BCUT2D eigenvalue weighted by molar-refractivity contribution is 7.89. The first-order chi connectivity index (χ1) is 11.7. The molecule has 2 atom stereocenters. The molecule has 2 amide bonds. The van der Waals surface area contributed by atoms with Crippen LogP contribution in [0.2, 0.25) is 0 Å². The second-order valence-corrected chi connectivity index (χ2v) is 7.80. The number of fused-ring (bicyclic) bond motifs is 1. The van der Waals surface area contributed by atoms with Crippen LogP contribution in [0.1, 0.15) is 10.5 Å². The standard InChI is InChI=1S/C14H18N4O6S/c1-24-14-7-17(5-9(14)6-18(8-14)13(20)21)12(19)11-3-2-10(4-16-11)25(15,22)23/h2-4,9H,5-8H2,1H3,(H,20,21)(H2,15,22,23)/t9-,14+/m1/s1. The Morgan fingerprint density at radius 2 is 1.96 bits per heavy atom. The largest absolute Gasteiger partial charge is 0.465 e. The zero-order chi connectivity index (χ0) is 18.4. The van der Waals surface area contributed by atoms with Gasteiger partial charge in [-0.1, -0.05) is 0 Å². The van der Waals surface area contributed by atoms with Gasteiger partial charge in [-0.2, -0.15) is 0 Å². The molecule has 0 bridgehead atoms. The van der Waals surface area contributed by atoms with Crippen molar-refractivity contribution in [2.45, 2.75) is 10.5 Å². The maximum absolute atomic E-state index is 12.6. The Bertz CT molecular complexity index is 811. The molecule has 0 aliphatic carbocycles. The summed E-state index contributed by atoms with van der Waals surface area (Å²) >= 11 is 0. The van der Waals surface area contributed by atoms with Gasteiger partial charge in [0.15, 0.2) is 0 Å². The monoisotopic (exact) mass is 370 g/mol. The van der Waals surface area contributed by atoms with Gasteiger partial charge in [-0.3, -0.25) is 4.79 Å². The number of aromatic nitrogens is 1. The summed E-state index contributed by atoms with van der Waals surface area (Å²) in [5.41, 5.74) is -0.636. The SMILES string of the molecule is CO[C@@]12CN(C(=O)O)C[C@H]1CN(C(=O)c1ccc(S(N)(=O)=O)cn1)C2. The van der Waals surface area contributed by atoms with E-state index in [0.29, 0.717) is 13.1 Å². The van der Waals surface area contributed by atoms with Gasteiger partial charge in [0.1, 0.15) is 16.2 Å². The van der Waals surface area contributed by atoms with Gasteiger partial charge in [0.05, 0.1) is 13.1 Å². The number of likely N-dealkylation sites (tertiary alicyclic amines) is 2. The number of nitrogens with zero attached hydrogens (tertiary/aromatic N) is 3. The molecule has 25 heavy (non-hydrogen) atoms. The summed E-state index contributed by atoms with van der Waals surface area (Å²) in [5, 5.41) is 14.2. The Hall–Kier alpha value is -2.24. The van der Waals surface area contributed by atoms with Crippen LogP contribution in [0.15, 0.2) is 23.2 Å². The fourth-order valence-electron chi connectivity index (χ4n) is 3.44. The topological polar surface area (TPSA) is 143 Å². The number of sulfonamides is 1. The molecule has 2 aliphatic heterocycles. The molecule has 11 heteroatoms. The van der Waals surface area contributed by atoms with Crippen molar-refractivity contribution in [1.82, 2.24) is 14.8 Å². The van der Waals surface area contributed by atoms with Crippen LogP contribution in [0.5, 0.6) is 0 Å². The van der Waals surface area contributed by atoms with Crippen molar-refractivity contribution >= 4 is 22.0 Å². The van der Waals surface area contributed by atoms with E-state index in [4.69, 9.17) is 15.0 Å². The molecule has 0 spiro atoms. The number of rotatable bonds is 3. The molecule has 3 heterocycles. The highest BCUT2D eigenvalue weighted by Crippen LogP contribution is 2.38. The predicted octanol–water partition coefficient (Wildman–Crippen LogP) is -0.820. The molecule has 1 aromatic rings. The van der Waals surface area contributed by atoms with Crippen molar-refractivity contribution in [2.75, 3.05) is 33.3 Å². The normalized spacial score (nSPS) is 25.9. The first-order valence-corrected chi connectivity index (χ1v) is 9.02. The average Bonchev–Trinajstić information content (AvgIpc) is 3.08. The van der Waals surface area contributed by atoms with Crippen molar-refractivity contribution in [3.63, 3.8) is 0 Å². The van der Waals surface area contributed by atoms with Crippen molar-refractivity contribution < 1.29 is 27.9 Å². The highest BCUT2D eigenvalue weighted by atomic mass is 32.2. The van der Waals surface area contributed by atoms with Gasteiger partial charge >= 0.3 is 6.09 Å². The Morgan fingerprint density at radius 3 is 2.44 bits per heavy atom. The quantitative estimate of drug-likeness (QED) is 0.707. The lowest BCUT2D eigenvalue weighted by Crippen LogP contribution is -2.44. The number of carbonyl (C=O) groups is 2. The maximum atomic E-state index is 12.6. The van der Waals surface area contributed by atoms with Crippen LogP contribution in [0.25, 0.3) is 0 Å². The summed E-state index contributed by atoms with van der Waals surface area (Å²) < 4.78 is 28.1. The van der Waals surface area contributed by atoms with Crippen LogP contribution in [0.3, 0.4) is 0 Å². The number of primary sulfonamides is 1. The van der Waals surface area contributed by atoms with Gasteiger partial charge < -0.3 is 19.6 Å². The first-order valence-electron chi connectivity index (χ1n) is 7.47. The number of pyridine rings is 1. The molecule has 0 aromatic carbocycles. The van der Waals surface area contributed by atoms with Crippen LogP contribution in [0, 0.1) is 5.92 Å². The molecular weight excluding hydrogens is 352 g/mol. The Morgan fingerprint density at radius 1 is 1.32 bits per heavy atom. The minimum absolute atomic E-state index is 0.0914. The summed E-state index contributed by atoms with van der Waals surface area (Å²) in [6.07, 6.45) is 0.0292. The van der Waals surface area contributed by atoms with Crippen LogP contribution >= 0.6 is 0 Å². The second-order valence-electron chi connectivity index (χ2n) is 6.24. The summed E-state index contributed by atoms with van der Waals surface area (Å²) in [7, 11) is -2.37. The average molecular weight is 370 g/mol. The van der Waals surface area contributed by atoms with Crippen LogP contribution in [0.4, 0.5) is 4.79 Å². The van der Waals surface area contributed by atoms with Crippen LogP contribution in [-0.4, -0.2) is 79.2 Å². The number of methoxy groups -OCH3 is 1. The molecule has 0 saturated carbocycles. The van der Waals surface area contributed by atoms with Crippen molar-refractivity contribution in [2.24, 2.45) is 11.1 Å². The minimum atomic E-state index is -3.87. The van der Waals surface area contributed by atoms with Crippen LogP contribution < -0.4 is 5.14 Å². The van der Waals surface area contributed by atoms with Crippen molar-refractivity contribution in [1.29, 1.82) is 0 Å². The Balaban J connectivity index is 1.76. The van der Waals surface area contributed by atoms with Gasteiger partial charge in [0.2, 0.25) is 10.0 Å². The number of carbonyl (C=O) groups excluding carboxylic acids is 1. The first kappa shape index (κ1) is 17.6. The second kappa shape index (κ2) is 5.93. The molecule has 0 radical (unpaired) electrons. The lowest BCUT2D eigenvalue weighted by molar-refractivity contribution is -0.0110. The maximum Gasteiger partial charge on any atom is 0.407 e. The molecule has 2 fully saturated rings. The number of nitrogens with two attached hydrogens (primary N) is 1. The molecule has 10 nitrogen and oxygen atoms in total. The third-order valence-corrected chi connectivity index (χ3v) is 5.69. The van der Waals surface area contributed by atoms with Gasteiger partial charge in [0.25, 0.3) is 5.91 Å². The van der Waals surface area contributed by atoms with Gasteiger partial charge in [-0.15, -0.1) is 0 Å². The van der Waals surface area contributed by atoms with Gasteiger partial charge in [-0.25, -0.2) is 23.3 Å². The lowest BCUT2D eigenvalue weighted by atomic mass is 9.95. The fourth-order valence-corrected chi connectivity index (χ4v) is 3.90. The molecule has 0 unspecified atom stereocenters. The van der Waals surface area contributed by atoms with E-state index >= 15 is 0 Å². The smallest absolute Gasteiger partial charge is 0.407 e. The van der Waals surface area contributed by atoms with Crippen molar-refractivity contribution in [3.05, 3.63) is 24.0 Å². The van der Waals surface area contributed by atoms with Crippen molar-refractivity contribution in [3.8, 4) is 0 Å². The summed E-state index contributed by atoms with van der Waals surface area (Å²) in [6.45, 7) is 1.08. The molecule has 1 aromatic heterocycles. The minimum Gasteiger partial charge on any atom is -0.465 e. The predicted molar refractivity (Wildman–Crippen MR) is 84.3 cm³/mol. The van der Waals surface area contributed by atoms with E-state index in [9.17, 15) is 18.0 Å². The summed E-state index contributed by atoms with van der Waals surface area (Å²) in [5.74, 6) is -0.491. The van der Waals surface area contributed by atoms with E-state index in [2.05, 4.69) is 4.98 Å². The third-order valence-electron chi connectivity index (χ3n) is 4.79.